The van der Waals surface area contributed by atoms with Gasteiger partial charge in [0.1, 0.15) is 5.75 Å². The Morgan fingerprint density at radius 3 is 2.95 bits per heavy atom. The van der Waals surface area contributed by atoms with Gasteiger partial charge >= 0.3 is 0 Å². The number of thioether (sulfide) groups is 1. The van der Waals surface area contributed by atoms with Crippen molar-refractivity contribution in [3.05, 3.63) is 30.2 Å². The lowest BCUT2D eigenvalue weighted by molar-refractivity contribution is 0.317. The van der Waals surface area contributed by atoms with Gasteiger partial charge in [-0.15, -0.1) is 0 Å². The minimum atomic E-state index is 0.0694. The van der Waals surface area contributed by atoms with Crippen LogP contribution in [0.4, 0.5) is 0 Å². The molecule has 5 nitrogen and oxygen atoms in total. The van der Waals surface area contributed by atoms with Gasteiger partial charge in [0.05, 0.1) is 13.2 Å². The van der Waals surface area contributed by atoms with Gasteiger partial charge in [0, 0.05) is 11.6 Å². The molecule has 0 aliphatic carbocycles. The highest BCUT2D eigenvalue weighted by Gasteiger charge is 2.20. The second-order valence-electron chi connectivity index (χ2n) is 5.46. The molecule has 1 fully saturated rings. The maximum Gasteiger partial charge on any atom is 0.243 e. The molecule has 0 bridgehead atoms. The summed E-state index contributed by atoms with van der Waals surface area (Å²) in [5, 5.41) is 7.68. The quantitative estimate of drug-likeness (QED) is 0.912. The van der Waals surface area contributed by atoms with Crippen molar-refractivity contribution in [3.8, 4) is 17.1 Å². The Labute approximate surface area is 134 Å². The largest absolute Gasteiger partial charge is 0.497 e. The summed E-state index contributed by atoms with van der Waals surface area (Å²) in [5.41, 5.74) is 0.899. The van der Waals surface area contributed by atoms with E-state index < -0.39 is 0 Å². The van der Waals surface area contributed by atoms with Gasteiger partial charge in [-0.2, -0.15) is 16.7 Å². The molecule has 1 aromatic carbocycles. The first-order chi connectivity index (χ1) is 10.8. The Morgan fingerprint density at radius 1 is 1.36 bits per heavy atom. The molecule has 1 atom stereocenters. The van der Waals surface area contributed by atoms with E-state index in [0.717, 1.165) is 11.3 Å². The fraction of sp³-hybridized carbons (Fsp3) is 0.500. The number of benzene rings is 1. The molecule has 1 aliphatic heterocycles. The fourth-order valence-corrected chi connectivity index (χ4v) is 3.69. The zero-order chi connectivity index (χ0) is 15.4. The number of nitrogens with one attached hydrogen (secondary N) is 1. The van der Waals surface area contributed by atoms with E-state index in [0.29, 0.717) is 17.8 Å². The highest BCUT2D eigenvalue weighted by molar-refractivity contribution is 7.99. The van der Waals surface area contributed by atoms with Crippen molar-refractivity contribution >= 4 is 11.8 Å². The normalized spacial score (nSPS) is 17.4. The predicted octanol–water partition coefficient (Wildman–Crippen LogP) is 3.29. The number of rotatable bonds is 5. The number of ether oxygens (including phenoxy) is 1. The van der Waals surface area contributed by atoms with Gasteiger partial charge in [0.2, 0.25) is 11.7 Å². The maximum atomic E-state index is 5.43. The molecule has 1 aliphatic rings. The number of aromatic nitrogens is 2. The number of methoxy groups -OCH3 is 1. The van der Waals surface area contributed by atoms with E-state index in [-0.39, 0.29) is 6.04 Å². The molecule has 0 amide bonds. The van der Waals surface area contributed by atoms with Gasteiger partial charge in [0.25, 0.3) is 0 Å². The third-order valence-corrected chi connectivity index (χ3v) is 4.90. The van der Waals surface area contributed by atoms with Crippen LogP contribution in [0.25, 0.3) is 11.4 Å². The third kappa shape index (κ3) is 3.62. The van der Waals surface area contributed by atoms with Crippen LogP contribution < -0.4 is 10.1 Å². The lowest BCUT2D eigenvalue weighted by Crippen LogP contribution is -2.34. The first kappa shape index (κ1) is 15.4. The highest BCUT2D eigenvalue weighted by atomic mass is 32.2. The maximum absolute atomic E-state index is 5.43. The summed E-state index contributed by atoms with van der Waals surface area (Å²) in [7, 11) is 1.65. The average molecular weight is 319 g/mol. The van der Waals surface area contributed by atoms with Crippen LogP contribution in [0.2, 0.25) is 0 Å². The first-order valence-corrected chi connectivity index (χ1v) is 8.73. The highest BCUT2D eigenvalue weighted by Crippen LogP contribution is 2.24. The summed E-state index contributed by atoms with van der Waals surface area (Å²) in [6, 6.07) is 8.29. The zero-order valence-electron chi connectivity index (χ0n) is 12.9. The summed E-state index contributed by atoms with van der Waals surface area (Å²) < 4.78 is 10.7. The van der Waals surface area contributed by atoms with Gasteiger partial charge in [-0.05, 0) is 43.4 Å². The van der Waals surface area contributed by atoms with Crippen molar-refractivity contribution in [1.82, 2.24) is 15.5 Å². The van der Waals surface area contributed by atoms with Gasteiger partial charge in [-0.3, -0.25) is 0 Å². The number of hydrogen-bond donors (Lipinski definition) is 1. The SMILES string of the molecule is COc1cccc(-c2noc([C@H](C)NC3CCSCC3)n2)c1. The molecule has 0 unspecified atom stereocenters. The van der Waals surface area contributed by atoms with E-state index in [1.54, 1.807) is 7.11 Å². The van der Waals surface area contributed by atoms with Crippen molar-refractivity contribution < 1.29 is 9.26 Å². The minimum absolute atomic E-state index is 0.0694. The lowest BCUT2D eigenvalue weighted by Gasteiger charge is -2.24. The molecule has 0 saturated carbocycles. The summed E-state index contributed by atoms with van der Waals surface area (Å²) in [6.45, 7) is 2.07. The van der Waals surface area contributed by atoms with Crippen LogP contribution in [0.15, 0.2) is 28.8 Å². The average Bonchev–Trinajstić information content (AvgIpc) is 3.06. The standard InChI is InChI=1S/C16H21N3O2S/c1-11(17-13-6-8-22-9-7-13)16-18-15(19-21-16)12-4-3-5-14(10-12)20-2/h3-5,10-11,13,17H,6-9H2,1-2H3/t11-/m0/s1. The second kappa shape index (κ2) is 7.15. The van der Waals surface area contributed by atoms with E-state index in [1.807, 2.05) is 36.0 Å². The zero-order valence-corrected chi connectivity index (χ0v) is 13.7. The lowest BCUT2D eigenvalue weighted by atomic mass is 10.1. The molecule has 0 radical (unpaired) electrons. The molecular formula is C16H21N3O2S. The molecule has 3 rings (SSSR count). The predicted molar refractivity (Wildman–Crippen MR) is 88.2 cm³/mol. The van der Waals surface area contributed by atoms with E-state index in [1.165, 1.54) is 24.3 Å². The molecule has 118 valence electrons. The van der Waals surface area contributed by atoms with Gasteiger partial charge in [0.15, 0.2) is 0 Å². The first-order valence-electron chi connectivity index (χ1n) is 7.58. The van der Waals surface area contributed by atoms with Crippen LogP contribution in [0, 0.1) is 0 Å². The Morgan fingerprint density at radius 2 is 2.18 bits per heavy atom. The number of hydrogen-bond acceptors (Lipinski definition) is 6. The summed E-state index contributed by atoms with van der Waals surface area (Å²) in [6.07, 6.45) is 2.40. The molecule has 6 heteroatoms. The molecule has 1 aromatic heterocycles. The van der Waals surface area contributed by atoms with Crippen molar-refractivity contribution in [2.45, 2.75) is 31.8 Å². The van der Waals surface area contributed by atoms with Gasteiger partial charge in [-0.25, -0.2) is 0 Å². The Hall–Kier alpha value is -1.53. The van der Waals surface area contributed by atoms with Crippen molar-refractivity contribution in [2.75, 3.05) is 18.6 Å². The van der Waals surface area contributed by atoms with Crippen molar-refractivity contribution in [1.29, 1.82) is 0 Å². The fourth-order valence-electron chi connectivity index (χ4n) is 2.58. The van der Waals surface area contributed by atoms with Crippen molar-refractivity contribution in [2.24, 2.45) is 0 Å². The van der Waals surface area contributed by atoms with E-state index in [4.69, 9.17) is 9.26 Å². The van der Waals surface area contributed by atoms with E-state index in [9.17, 15) is 0 Å². The molecule has 1 N–H and O–H groups in total. The second-order valence-corrected chi connectivity index (χ2v) is 6.69. The molecule has 1 saturated heterocycles. The smallest absolute Gasteiger partial charge is 0.243 e. The molecule has 2 aromatic rings. The van der Waals surface area contributed by atoms with Crippen LogP contribution in [0.1, 0.15) is 31.7 Å². The van der Waals surface area contributed by atoms with Gasteiger partial charge in [-0.1, -0.05) is 17.3 Å². The monoisotopic (exact) mass is 319 g/mol. The molecule has 0 spiro atoms. The van der Waals surface area contributed by atoms with Crippen LogP contribution in [-0.2, 0) is 0 Å². The number of nitrogens with zero attached hydrogens (tertiary/aromatic N) is 2. The summed E-state index contributed by atoms with van der Waals surface area (Å²) >= 11 is 2.02. The molecule has 22 heavy (non-hydrogen) atoms. The third-order valence-electron chi connectivity index (χ3n) is 3.85. The minimum Gasteiger partial charge on any atom is -0.497 e. The van der Waals surface area contributed by atoms with Crippen LogP contribution >= 0.6 is 11.8 Å². The Kier molecular flexibility index (Phi) is 5.00. The topological polar surface area (TPSA) is 60.2 Å². The van der Waals surface area contributed by atoms with E-state index in [2.05, 4.69) is 22.4 Å². The Bertz CT molecular complexity index is 611. The molecular weight excluding hydrogens is 298 g/mol. The van der Waals surface area contributed by atoms with Crippen LogP contribution in [0.3, 0.4) is 0 Å². The van der Waals surface area contributed by atoms with Crippen molar-refractivity contribution in [3.63, 3.8) is 0 Å². The summed E-state index contributed by atoms with van der Waals surface area (Å²) in [5.74, 6) is 4.47. The molecule has 2 heterocycles. The van der Waals surface area contributed by atoms with Gasteiger partial charge < -0.3 is 14.6 Å². The summed E-state index contributed by atoms with van der Waals surface area (Å²) in [4.78, 5) is 4.52. The Balaban J connectivity index is 1.69. The van der Waals surface area contributed by atoms with E-state index >= 15 is 0 Å². The van der Waals surface area contributed by atoms with Crippen LogP contribution in [-0.4, -0.2) is 34.8 Å². The van der Waals surface area contributed by atoms with Crippen LogP contribution in [0.5, 0.6) is 5.75 Å².